The number of nitrogens with one attached hydrogen (secondary N) is 3. The fourth-order valence-electron chi connectivity index (χ4n) is 2.22. The summed E-state index contributed by atoms with van der Waals surface area (Å²) in [7, 11) is 0. The van der Waals surface area contributed by atoms with Crippen LogP contribution in [-0.4, -0.2) is 54.8 Å². The predicted molar refractivity (Wildman–Crippen MR) is 90.2 cm³/mol. The number of alkyl carbamates (subject to hydrolysis) is 1. The topological polar surface area (TPSA) is 79.5 Å². The summed E-state index contributed by atoms with van der Waals surface area (Å²) in [5.41, 5.74) is -0.570. The highest BCUT2D eigenvalue weighted by molar-refractivity contribution is 7.98. The van der Waals surface area contributed by atoms with Crippen molar-refractivity contribution in [2.75, 3.05) is 25.1 Å². The van der Waals surface area contributed by atoms with Crippen LogP contribution in [0.5, 0.6) is 0 Å². The molecule has 3 N–H and O–H groups in total. The van der Waals surface area contributed by atoms with E-state index in [1.54, 1.807) is 32.5 Å². The molecule has 6 nitrogen and oxygen atoms in total. The van der Waals surface area contributed by atoms with Gasteiger partial charge in [-0.15, -0.1) is 0 Å². The van der Waals surface area contributed by atoms with Crippen molar-refractivity contribution in [3.8, 4) is 0 Å². The monoisotopic (exact) mass is 331 g/mol. The fourth-order valence-corrected chi connectivity index (χ4v) is 2.69. The Balaban J connectivity index is 2.53. The number of carbonyl (C=O) groups excluding carboxylic acids is 2. The first-order valence-electron chi connectivity index (χ1n) is 7.81. The average Bonchev–Trinajstić information content (AvgIpc) is 2.42. The van der Waals surface area contributed by atoms with Crippen molar-refractivity contribution in [2.45, 2.75) is 57.7 Å². The molecular weight excluding hydrogens is 302 g/mol. The first-order valence-corrected chi connectivity index (χ1v) is 9.21. The molecule has 0 spiro atoms. The van der Waals surface area contributed by atoms with Crippen LogP contribution in [0.3, 0.4) is 0 Å². The van der Waals surface area contributed by atoms with Crippen LogP contribution in [0.25, 0.3) is 0 Å². The van der Waals surface area contributed by atoms with Crippen molar-refractivity contribution in [2.24, 2.45) is 0 Å². The van der Waals surface area contributed by atoms with Gasteiger partial charge in [0, 0.05) is 6.04 Å². The smallest absolute Gasteiger partial charge is 0.408 e. The summed E-state index contributed by atoms with van der Waals surface area (Å²) in [6.07, 6.45) is 3.88. The molecule has 1 aliphatic rings. The predicted octanol–water partition coefficient (Wildman–Crippen LogP) is 1.50. The third kappa shape index (κ3) is 7.89. The largest absolute Gasteiger partial charge is 0.444 e. The molecule has 1 aliphatic heterocycles. The van der Waals surface area contributed by atoms with Crippen LogP contribution in [0.15, 0.2) is 0 Å². The fraction of sp³-hybridized carbons (Fsp3) is 0.867. The van der Waals surface area contributed by atoms with E-state index in [0.29, 0.717) is 6.42 Å². The molecule has 0 aromatic rings. The highest BCUT2D eigenvalue weighted by Crippen LogP contribution is 2.09. The molecule has 0 unspecified atom stereocenters. The van der Waals surface area contributed by atoms with Gasteiger partial charge in [-0.25, -0.2) is 4.79 Å². The quantitative estimate of drug-likeness (QED) is 0.687. The molecule has 1 saturated heterocycles. The van der Waals surface area contributed by atoms with Gasteiger partial charge in [-0.05, 0) is 65.1 Å². The lowest BCUT2D eigenvalue weighted by molar-refractivity contribution is -0.124. The Morgan fingerprint density at radius 2 is 1.95 bits per heavy atom. The van der Waals surface area contributed by atoms with Gasteiger partial charge in [0.2, 0.25) is 5.91 Å². The number of hydrogen-bond donors (Lipinski definition) is 3. The summed E-state index contributed by atoms with van der Waals surface area (Å²) >= 11 is 1.65. The first-order chi connectivity index (χ1) is 10.3. The molecule has 1 rings (SSSR count). The van der Waals surface area contributed by atoms with Gasteiger partial charge in [-0.2, -0.15) is 11.8 Å². The SMILES string of the molecule is CSCC[C@H](NC(=O)OC(C)(C)C)C(=O)NC1CCNCC1. The third-order valence-corrected chi connectivity index (χ3v) is 3.95. The molecule has 22 heavy (non-hydrogen) atoms. The second-order valence-corrected chi connectivity index (χ2v) is 7.50. The zero-order valence-corrected chi connectivity index (χ0v) is 14.8. The summed E-state index contributed by atoms with van der Waals surface area (Å²) in [6.45, 7) is 7.25. The molecular formula is C15H29N3O3S. The Morgan fingerprint density at radius 1 is 1.32 bits per heavy atom. The second kappa shape index (κ2) is 9.25. The average molecular weight is 331 g/mol. The van der Waals surface area contributed by atoms with Crippen molar-refractivity contribution in [1.29, 1.82) is 0 Å². The molecule has 0 bridgehead atoms. The van der Waals surface area contributed by atoms with Gasteiger partial charge in [0.1, 0.15) is 11.6 Å². The zero-order valence-electron chi connectivity index (χ0n) is 14.0. The van der Waals surface area contributed by atoms with Gasteiger partial charge in [-0.1, -0.05) is 0 Å². The highest BCUT2D eigenvalue weighted by atomic mass is 32.2. The van der Waals surface area contributed by atoms with E-state index in [0.717, 1.165) is 31.7 Å². The van der Waals surface area contributed by atoms with E-state index in [9.17, 15) is 9.59 Å². The van der Waals surface area contributed by atoms with Gasteiger partial charge in [-0.3, -0.25) is 4.79 Å². The van der Waals surface area contributed by atoms with Gasteiger partial charge in [0.25, 0.3) is 0 Å². The Morgan fingerprint density at radius 3 is 2.50 bits per heavy atom. The summed E-state index contributed by atoms with van der Waals surface area (Å²) in [5, 5.41) is 9.00. The lowest BCUT2D eigenvalue weighted by Gasteiger charge is -2.27. The van der Waals surface area contributed by atoms with Crippen molar-refractivity contribution < 1.29 is 14.3 Å². The third-order valence-electron chi connectivity index (χ3n) is 3.30. The van der Waals surface area contributed by atoms with Gasteiger partial charge < -0.3 is 20.7 Å². The van der Waals surface area contributed by atoms with Crippen molar-refractivity contribution in [3.05, 3.63) is 0 Å². The van der Waals surface area contributed by atoms with Gasteiger partial charge >= 0.3 is 6.09 Å². The summed E-state index contributed by atoms with van der Waals surface area (Å²) in [6, 6.07) is -0.358. The lowest BCUT2D eigenvalue weighted by atomic mass is 10.1. The van der Waals surface area contributed by atoms with Crippen molar-refractivity contribution >= 4 is 23.8 Å². The van der Waals surface area contributed by atoms with Gasteiger partial charge in [0.05, 0.1) is 0 Å². The Kier molecular flexibility index (Phi) is 8.03. The van der Waals surface area contributed by atoms with Crippen LogP contribution < -0.4 is 16.0 Å². The van der Waals surface area contributed by atoms with Crippen molar-refractivity contribution in [3.63, 3.8) is 0 Å². The second-order valence-electron chi connectivity index (χ2n) is 6.51. The Hall–Kier alpha value is -0.950. The minimum Gasteiger partial charge on any atom is -0.444 e. The van der Waals surface area contributed by atoms with Gasteiger partial charge in [0.15, 0.2) is 0 Å². The molecule has 2 amide bonds. The maximum Gasteiger partial charge on any atom is 0.408 e. The van der Waals surface area contributed by atoms with E-state index < -0.39 is 17.7 Å². The zero-order chi connectivity index (χ0) is 16.6. The molecule has 0 radical (unpaired) electrons. The molecule has 0 aliphatic carbocycles. The van der Waals surface area contributed by atoms with Crippen LogP contribution in [0.2, 0.25) is 0 Å². The highest BCUT2D eigenvalue weighted by Gasteiger charge is 2.26. The minimum atomic E-state index is -0.570. The van der Waals surface area contributed by atoms with E-state index >= 15 is 0 Å². The van der Waals surface area contributed by atoms with E-state index in [2.05, 4.69) is 16.0 Å². The van der Waals surface area contributed by atoms with Crippen LogP contribution in [0, 0.1) is 0 Å². The normalized spacial score (nSPS) is 17.6. The first kappa shape index (κ1) is 19.1. The lowest BCUT2D eigenvalue weighted by Crippen LogP contribution is -2.52. The maximum atomic E-state index is 12.4. The van der Waals surface area contributed by atoms with Crippen molar-refractivity contribution in [1.82, 2.24) is 16.0 Å². The molecule has 7 heteroatoms. The molecule has 1 atom stereocenters. The minimum absolute atomic E-state index is 0.119. The van der Waals surface area contributed by atoms with Crippen LogP contribution >= 0.6 is 11.8 Å². The molecule has 0 saturated carbocycles. The molecule has 128 valence electrons. The number of amides is 2. The Bertz CT molecular complexity index is 366. The summed E-state index contributed by atoms with van der Waals surface area (Å²) in [4.78, 5) is 24.3. The standard InChI is InChI=1S/C15H29N3O3S/c1-15(2,3)21-14(20)18-12(7-10-22-4)13(19)17-11-5-8-16-9-6-11/h11-12,16H,5-10H2,1-4H3,(H,17,19)(H,18,20)/t12-/m0/s1. The van der Waals surface area contributed by atoms with Crippen LogP contribution in [0.4, 0.5) is 4.79 Å². The molecule has 1 fully saturated rings. The van der Waals surface area contributed by atoms with Crippen LogP contribution in [0.1, 0.15) is 40.0 Å². The Labute approximate surface area is 137 Å². The summed E-state index contributed by atoms with van der Waals surface area (Å²) < 4.78 is 5.24. The number of hydrogen-bond acceptors (Lipinski definition) is 5. The molecule has 0 aromatic heterocycles. The maximum absolute atomic E-state index is 12.4. The molecule has 0 aromatic carbocycles. The number of rotatable bonds is 6. The summed E-state index contributed by atoms with van der Waals surface area (Å²) in [5.74, 6) is 0.687. The number of thioether (sulfide) groups is 1. The number of piperidine rings is 1. The molecule has 1 heterocycles. The number of ether oxygens (including phenoxy) is 1. The van der Waals surface area contributed by atoms with E-state index in [1.165, 1.54) is 0 Å². The van der Waals surface area contributed by atoms with Crippen LogP contribution in [-0.2, 0) is 9.53 Å². The van der Waals surface area contributed by atoms with E-state index in [1.807, 2.05) is 6.26 Å². The van der Waals surface area contributed by atoms with E-state index in [4.69, 9.17) is 4.74 Å². The van der Waals surface area contributed by atoms with E-state index in [-0.39, 0.29) is 11.9 Å². The number of carbonyl (C=O) groups is 2.